The first-order valence-electron chi connectivity index (χ1n) is 4.01. The van der Waals surface area contributed by atoms with Crippen LogP contribution >= 0.6 is 0 Å². The smallest absolute Gasteiger partial charge is 0.203 e. The Morgan fingerprint density at radius 1 is 0.938 bits per heavy atom. The van der Waals surface area contributed by atoms with Crippen molar-refractivity contribution in [3.63, 3.8) is 0 Å². The maximum Gasteiger partial charge on any atom is 0.203 e. The molecule has 0 aliphatic carbocycles. The normalized spacial score (nSPS) is 8.88. The second-order valence-corrected chi connectivity index (χ2v) is 2.75. The summed E-state index contributed by atoms with van der Waals surface area (Å²) in [5, 5.41) is 30.0. The molecule has 0 aliphatic rings. The van der Waals surface area contributed by atoms with E-state index < -0.39 is 10.9 Å². The van der Waals surface area contributed by atoms with Crippen LogP contribution in [0.15, 0.2) is 9.59 Å². The number of rotatable bonds is 2. The molecular formula is C10H4N4O2. The largest absolute Gasteiger partial charge is 0.307 e. The molecule has 0 heterocycles. The first-order valence-corrected chi connectivity index (χ1v) is 4.01. The van der Waals surface area contributed by atoms with Crippen molar-refractivity contribution in [2.45, 2.75) is 0 Å². The molecule has 0 saturated carbocycles. The van der Waals surface area contributed by atoms with E-state index in [9.17, 15) is 9.59 Å². The van der Waals surface area contributed by atoms with Gasteiger partial charge in [-0.3, -0.25) is 9.59 Å². The highest BCUT2D eigenvalue weighted by Crippen LogP contribution is 1.80. The Hall–Kier alpha value is -2.86. The van der Waals surface area contributed by atoms with Gasteiger partial charge in [0.25, 0.3) is 0 Å². The lowest BCUT2D eigenvalue weighted by molar-refractivity contribution is 1.26. The number of nitriles is 2. The molecule has 1 aromatic carbocycles. The van der Waals surface area contributed by atoms with Crippen molar-refractivity contribution in [3.8, 4) is 12.1 Å². The molecule has 2 N–H and O–H groups in total. The van der Waals surface area contributed by atoms with Gasteiger partial charge in [-0.2, -0.15) is 10.5 Å². The Morgan fingerprint density at radius 2 is 1.25 bits per heavy atom. The van der Waals surface area contributed by atoms with Gasteiger partial charge in [-0.05, 0) is 0 Å². The predicted octanol–water partition coefficient (Wildman–Crippen LogP) is -2.07. The molecule has 0 saturated heterocycles. The monoisotopic (exact) mass is 212 g/mol. The van der Waals surface area contributed by atoms with Gasteiger partial charge in [0.2, 0.25) is 10.9 Å². The molecule has 0 spiro atoms. The minimum absolute atomic E-state index is 0.332. The van der Waals surface area contributed by atoms with E-state index in [-0.39, 0.29) is 21.6 Å². The molecule has 0 amide bonds. The molecule has 0 unspecified atom stereocenters. The van der Waals surface area contributed by atoms with Gasteiger partial charge in [0.1, 0.15) is 12.1 Å². The minimum Gasteiger partial charge on any atom is -0.307 e. The molecule has 1 aromatic rings. The Morgan fingerprint density at radius 3 is 1.44 bits per heavy atom. The van der Waals surface area contributed by atoms with Crippen LogP contribution in [0.4, 0.5) is 0 Å². The third-order valence-corrected chi connectivity index (χ3v) is 1.98. The molecule has 6 nitrogen and oxygen atoms in total. The summed E-state index contributed by atoms with van der Waals surface area (Å²) < 4.78 is 0. The van der Waals surface area contributed by atoms with Crippen LogP contribution in [0.5, 0.6) is 0 Å². The topological polar surface area (TPSA) is 129 Å². The molecule has 1 rings (SSSR count). The summed E-state index contributed by atoms with van der Waals surface area (Å²) in [6, 6.07) is 3.08. The van der Waals surface area contributed by atoms with Crippen molar-refractivity contribution < 1.29 is 0 Å². The van der Waals surface area contributed by atoms with Gasteiger partial charge in [-0.1, -0.05) is 0 Å². The zero-order valence-corrected chi connectivity index (χ0v) is 7.87. The van der Waals surface area contributed by atoms with Crippen molar-refractivity contribution in [2.75, 3.05) is 0 Å². The van der Waals surface area contributed by atoms with E-state index in [1.54, 1.807) is 12.1 Å². The maximum atomic E-state index is 11.4. The molecule has 0 atom stereocenters. The maximum absolute atomic E-state index is 11.4. The lowest BCUT2D eigenvalue weighted by atomic mass is 10.0. The van der Waals surface area contributed by atoms with E-state index in [2.05, 4.69) is 0 Å². The third kappa shape index (κ3) is 1.35. The Labute approximate surface area is 88.7 Å². The highest BCUT2D eigenvalue weighted by molar-refractivity contribution is 6.08. The summed E-state index contributed by atoms with van der Waals surface area (Å²) in [4.78, 5) is 22.9. The van der Waals surface area contributed by atoms with Crippen LogP contribution in [0.2, 0.25) is 0 Å². The van der Waals surface area contributed by atoms with Gasteiger partial charge in [-0.25, -0.2) is 0 Å². The second kappa shape index (κ2) is 4.11. The van der Waals surface area contributed by atoms with Crippen LogP contribution in [0.3, 0.4) is 0 Å². The van der Waals surface area contributed by atoms with Gasteiger partial charge >= 0.3 is 0 Å². The van der Waals surface area contributed by atoms with Crippen molar-refractivity contribution in [1.82, 2.24) is 0 Å². The summed E-state index contributed by atoms with van der Waals surface area (Å²) in [6.45, 7) is 0. The number of hydrogen-bond donors (Lipinski definition) is 2. The second-order valence-electron chi connectivity index (χ2n) is 2.75. The average molecular weight is 212 g/mol. The quantitative estimate of drug-likeness (QED) is 0.545. The highest BCUT2D eigenvalue weighted by Gasteiger charge is 2.14. The molecule has 6 heteroatoms. The first-order chi connectivity index (χ1) is 7.62. The van der Waals surface area contributed by atoms with E-state index in [0.29, 0.717) is 12.4 Å². The molecule has 0 bridgehead atoms. The lowest BCUT2D eigenvalue weighted by Gasteiger charge is -1.93. The fraction of sp³-hybridized carbons (Fsp3) is 0. The van der Waals surface area contributed by atoms with Gasteiger partial charge < -0.3 is 10.8 Å². The molecule has 0 aliphatic heterocycles. The van der Waals surface area contributed by atoms with Gasteiger partial charge in [0, 0.05) is 12.4 Å². The summed E-state index contributed by atoms with van der Waals surface area (Å²) in [5.74, 6) is 0. The molecule has 76 valence electrons. The van der Waals surface area contributed by atoms with E-state index in [4.69, 9.17) is 21.3 Å². The predicted molar refractivity (Wildman–Crippen MR) is 56.2 cm³/mol. The van der Waals surface area contributed by atoms with Gasteiger partial charge in [-0.15, -0.1) is 0 Å². The van der Waals surface area contributed by atoms with E-state index >= 15 is 0 Å². The van der Waals surface area contributed by atoms with Gasteiger partial charge in [0.15, 0.2) is 0 Å². The van der Waals surface area contributed by atoms with E-state index in [1.807, 2.05) is 0 Å². The molecule has 0 fully saturated rings. The number of hydrogen-bond acceptors (Lipinski definition) is 6. The fourth-order valence-electron chi connectivity index (χ4n) is 1.20. The number of nitrogens with zero attached hydrogens (tertiary/aromatic N) is 2. The Kier molecular flexibility index (Phi) is 2.88. The van der Waals surface area contributed by atoms with E-state index in [0.717, 1.165) is 0 Å². The summed E-state index contributed by atoms with van der Waals surface area (Å²) in [5.41, 5.74) is -2.18. The summed E-state index contributed by atoms with van der Waals surface area (Å²) in [6.07, 6.45) is 1.22. The highest BCUT2D eigenvalue weighted by atomic mass is 16.1. The number of nitrogens with one attached hydrogen (secondary N) is 2. The Balaban J connectivity index is 3.97. The zero-order chi connectivity index (χ0) is 12.3. The van der Waals surface area contributed by atoms with Crippen molar-refractivity contribution in [2.24, 2.45) is 0 Å². The molecule has 0 radical (unpaired) electrons. The summed E-state index contributed by atoms with van der Waals surface area (Å²) >= 11 is 0. The van der Waals surface area contributed by atoms with Crippen LogP contribution in [0.1, 0.15) is 0 Å². The molecule has 16 heavy (non-hydrogen) atoms. The molecular weight excluding hydrogens is 208 g/mol. The van der Waals surface area contributed by atoms with Crippen LogP contribution in [-0.4, -0.2) is 12.4 Å². The van der Waals surface area contributed by atoms with Crippen LogP contribution in [-0.2, 0) is 0 Å². The SMILES string of the molecule is N#CC(C=N)=c1c(=O)c(=C(C#N)C=N)c1=O. The first kappa shape index (κ1) is 11.2. The van der Waals surface area contributed by atoms with Crippen molar-refractivity contribution >= 4 is 23.6 Å². The minimum atomic E-state index is -0.759. The standard InChI is InChI=1S/C10H4N4O2/c11-1-5(2-12)7-9(15)8(10(7)16)6(3-13)4-14/h1,3,11,13H. The summed E-state index contributed by atoms with van der Waals surface area (Å²) in [7, 11) is 0. The zero-order valence-electron chi connectivity index (χ0n) is 7.87. The third-order valence-electron chi connectivity index (χ3n) is 1.98. The Bertz CT molecular complexity index is 657. The average Bonchev–Trinajstić information content (AvgIpc) is 2.32. The van der Waals surface area contributed by atoms with Crippen molar-refractivity contribution in [3.05, 3.63) is 30.9 Å². The lowest BCUT2D eigenvalue weighted by Crippen LogP contribution is -2.66. The van der Waals surface area contributed by atoms with Gasteiger partial charge in [0.05, 0.1) is 21.6 Å². The van der Waals surface area contributed by atoms with Crippen molar-refractivity contribution in [1.29, 1.82) is 21.3 Å². The molecule has 0 aromatic heterocycles. The van der Waals surface area contributed by atoms with Crippen LogP contribution < -0.4 is 21.3 Å². The fourth-order valence-corrected chi connectivity index (χ4v) is 1.20. The van der Waals surface area contributed by atoms with E-state index in [1.165, 1.54) is 0 Å². The van der Waals surface area contributed by atoms with Crippen LogP contribution in [0, 0.1) is 33.5 Å². The van der Waals surface area contributed by atoms with Crippen LogP contribution in [0.25, 0.3) is 11.1 Å².